The van der Waals surface area contributed by atoms with E-state index in [-0.39, 0.29) is 17.4 Å². The summed E-state index contributed by atoms with van der Waals surface area (Å²) in [4.78, 5) is 21.2. The first-order chi connectivity index (χ1) is 17.0. The lowest BCUT2D eigenvalue weighted by molar-refractivity contribution is 0.228. The molecule has 3 aromatic carbocycles. The maximum atomic E-state index is 13.7. The molecule has 0 amide bonds. The summed E-state index contributed by atoms with van der Waals surface area (Å²) in [7, 11) is 0. The Balaban J connectivity index is 1.79. The average molecular weight is 489 g/mol. The Kier molecular flexibility index (Phi) is 8.34. The van der Waals surface area contributed by atoms with Crippen LogP contribution < -0.4 is 11.3 Å². The second-order valence-electron chi connectivity index (χ2n) is 9.37. The first-order valence-corrected chi connectivity index (χ1v) is 12.5. The fourth-order valence-corrected chi connectivity index (χ4v) is 4.71. The molecule has 0 aliphatic carbocycles. The van der Waals surface area contributed by atoms with Crippen LogP contribution >= 0.6 is 11.6 Å². The average Bonchev–Trinajstić information content (AvgIpc) is 2.85. The van der Waals surface area contributed by atoms with Gasteiger partial charge in [0.2, 0.25) is 0 Å². The van der Waals surface area contributed by atoms with E-state index >= 15 is 0 Å². The summed E-state index contributed by atoms with van der Waals surface area (Å²) in [5, 5.41) is 1.16. The first-order valence-electron chi connectivity index (χ1n) is 12.2. The van der Waals surface area contributed by atoms with Crippen LogP contribution in [0.25, 0.3) is 10.9 Å². The Hall–Kier alpha value is -2.99. The maximum Gasteiger partial charge on any atom is 0.261 e. The zero-order valence-corrected chi connectivity index (χ0v) is 21.2. The summed E-state index contributed by atoms with van der Waals surface area (Å²) >= 11 is 6.28. The molecular formula is C29H33ClN4O. The number of aromatic nitrogens is 2. The highest BCUT2D eigenvalue weighted by Gasteiger charge is 2.26. The van der Waals surface area contributed by atoms with Crippen LogP contribution in [0, 0.1) is 5.92 Å². The summed E-state index contributed by atoms with van der Waals surface area (Å²) in [6.45, 7) is 7.72. The van der Waals surface area contributed by atoms with Gasteiger partial charge in [0, 0.05) is 37.1 Å². The van der Waals surface area contributed by atoms with Gasteiger partial charge < -0.3 is 5.73 Å². The molecule has 35 heavy (non-hydrogen) atoms. The molecule has 0 fully saturated rings. The zero-order chi connectivity index (χ0) is 24.8. The van der Waals surface area contributed by atoms with Crippen molar-refractivity contribution < 1.29 is 0 Å². The minimum Gasteiger partial charge on any atom is -0.329 e. The second-order valence-corrected chi connectivity index (χ2v) is 9.80. The van der Waals surface area contributed by atoms with Crippen molar-refractivity contribution in [3.8, 4) is 0 Å². The third-order valence-corrected chi connectivity index (χ3v) is 6.65. The summed E-state index contributed by atoms with van der Waals surface area (Å²) in [6, 6.07) is 25.8. The molecule has 2 N–H and O–H groups in total. The number of rotatable bonds is 10. The molecule has 0 saturated carbocycles. The minimum absolute atomic E-state index is 0.0325. The van der Waals surface area contributed by atoms with Crippen LogP contribution in [0.4, 0.5) is 0 Å². The highest BCUT2D eigenvalue weighted by molar-refractivity contribution is 6.31. The van der Waals surface area contributed by atoms with Crippen molar-refractivity contribution in [3.05, 3.63) is 111 Å². The van der Waals surface area contributed by atoms with Crippen LogP contribution in [-0.4, -0.2) is 34.1 Å². The van der Waals surface area contributed by atoms with E-state index < -0.39 is 0 Å². The normalized spacial score (nSPS) is 12.5. The van der Waals surface area contributed by atoms with Gasteiger partial charge in [-0.15, -0.1) is 0 Å². The lowest BCUT2D eigenvalue weighted by Gasteiger charge is -2.31. The van der Waals surface area contributed by atoms with Crippen molar-refractivity contribution in [2.45, 2.75) is 32.9 Å². The Morgan fingerprint density at radius 3 is 2.26 bits per heavy atom. The third kappa shape index (κ3) is 6.17. The van der Waals surface area contributed by atoms with Gasteiger partial charge in [0.05, 0.1) is 17.4 Å². The quantitative estimate of drug-likeness (QED) is 0.329. The molecular weight excluding hydrogens is 456 g/mol. The SMILES string of the molecule is CC(C)C(CN(CCN)Cc1ccccc1)c1nc2cc(Cl)ccc2c(=O)n1Cc1ccccc1. The number of nitrogens with two attached hydrogens (primary N) is 1. The van der Waals surface area contributed by atoms with Gasteiger partial charge >= 0.3 is 0 Å². The van der Waals surface area contributed by atoms with Gasteiger partial charge in [-0.3, -0.25) is 14.3 Å². The lowest BCUT2D eigenvalue weighted by atomic mass is 9.93. The minimum atomic E-state index is -0.0374. The standard InChI is InChI=1S/C29H33ClN4O/c1-21(2)26(20-33(16-15-31)18-22-9-5-3-6-10-22)28-32-27-17-24(30)13-14-25(27)29(35)34(28)19-23-11-7-4-8-12-23/h3-14,17,21,26H,15-16,18-20,31H2,1-2H3. The Bertz CT molecular complexity index is 1310. The molecule has 1 unspecified atom stereocenters. The second kappa shape index (κ2) is 11.6. The van der Waals surface area contributed by atoms with Crippen molar-refractivity contribution >= 4 is 22.5 Å². The number of hydrogen-bond acceptors (Lipinski definition) is 4. The molecule has 1 aromatic heterocycles. The highest BCUT2D eigenvalue weighted by Crippen LogP contribution is 2.27. The fraction of sp³-hybridized carbons (Fsp3) is 0.310. The number of fused-ring (bicyclic) bond motifs is 1. The Morgan fingerprint density at radius 2 is 1.63 bits per heavy atom. The lowest BCUT2D eigenvalue weighted by Crippen LogP contribution is -2.37. The van der Waals surface area contributed by atoms with Crippen molar-refractivity contribution in [1.29, 1.82) is 0 Å². The summed E-state index contributed by atoms with van der Waals surface area (Å²) in [6.07, 6.45) is 0. The van der Waals surface area contributed by atoms with E-state index in [2.05, 4.69) is 43.0 Å². The fourth-order valence-electron chi connectivity index (χ4n) is 4.54. The van der Waals surface area contributed by atoms with Gasteiger partial charge in [-0.2, -0.15) is 0 Å². The van der Waals surface area contributed by atoms with Gasteiger partial charge in [0.1, 0.15) is 5.82 Å². The van der Waals surface area contributed by atoms with E-state index in [4.69, 9.17) is 22.3 Å². The maximum absolute atomic E-state index is 13.7. The molecule has 6 heteroatoms. The van der Waals surface area contributed by atoms with E-state index in [1.54, 1.807) is 18.2 Å². The van der Waals surface area contributed by atoms with Gasteiger partial charge in [-0.05, 0) is 35.2 Å². The van der Waals surface area contributed by atoms with Gasteiger partial charge in [0.25, 0.3) is 5.56 Å². The van der Waals surface area contributed by atoms with E-state index in [0.29, 0.717) is 29.0 Å². The molecule has 0 aliphatic rings. The van der Waals surface area contributed by atoms with Gasteiger partial charge in [-0.1, -0.05) is 86.1 Å². The Labute approximate surface area is 212 Å². The van der Waals surface area contributed by atoms with Crippen LogP contribution in [0.3, 0.4) is 0 Å². The number of halogens is 1. The van der Waals surface area contributed by atoms with Crippen LogP contribution in [0.2, 0.25) is 5.02 Å². The number of nitrogens with zero attached hydrogens (tertiary/aromatic N) is 3. The smallest absolute Gasteiger partial charge is 0.261 e. The topological polar surface area (TPSA) is 64.2 Å². The van der Waals surface area contributed by atoms with Crippen molar-refractivity contribution in [2.24, 2.45) is 11.7 Å². The molecule has 0 radical (unpaired) electrons. The summed E-state index contributed by atoms with van der Waals surface area (Å²) in [5.41, 5.74) is 8.90. The highest BCUT2D eigenvalue weighted by atomic mass is 35.5. The molecule has 0 spiro atoms. The van der Waals surface area contributed by atoms with E-state index in [9.17, 15) is 4.79 Å². The van der Waals surface area contributed by atoms with Crippen molar-refractivity contribution in [2.75, 3.05) is 19.6 Å². The van der Waals surface area contributed by atoms with Crippen LogP contribution in [-0.2, 0) is 13.1 Å². The van der Waals surface area contributed by atoms with Crippen LogP contribution in [0.1, 0.15) is 36.7 Å². The van der Waals surface area contributed by atoms with Crippen LogP contribution in [0.15, 0.2) is 83.7 Å². The zero-order valence-electron chi connectivity index (χ0n) is 20.4. The molecule has 0 saturated heterocycles. The molecule has 0 aliphatic heterocycles. The molecule has 1 atom stereocenters. The van der Waals surface area contributed by atoms with Gasteiger partial charge in [-0.25, -0.2) is 4.98 Å². The number of benzene rings is 3. The van der Waals surface area contributed by atoms with Crippen molar-refractivity contribution in [3.63, 3.8) is 0 Å². The summed E-state index contributed by atoms with van der Waals surface area (Å²) in [5.74, 6) is 1.08. The largest absolute Gasteiger partial charge is 0.329 e. The summed E-state index contributed by atoms with van der Waals surface area (Å²) < 4.78 is 1.85. The van der Waals surface area contributed by atoms with E-state index in [0.717, 1.165) is 31.0 Å². The van der Waals surface area contributed by atoms with Crippen molar-refractivity contribution in [1.82, 2.24) is 14.5 Å². The predicted octanol–water partition coefficient (Wildman–Crippen LogP) is 5.30. The monoisotopic (exact) mass is 488 g/mol. The van der Waals surface area contributed by atoms with Gasteiger partial charge in [0.15, 0.2) is 0 Å². The first kappa shape index (κ1) is 25.1. The van der Waals surface area contributed by atoms with Crippen LogP contribution in [0.5, 0.6) is 0 Å². The van der Waals surface area contributed by atoms with E-state index in [1.165, 1.54) is 5.56 Å². The molecule has 1 heterocycles. The Morgan fingerprint density at radius 1 is 0.971 bits per heavy atom. The van der Waals surface area contributed by atoms with E-state index in [1.807, 2.05) is 41.0 Å². The molecule has 182 valence electrons. The molecule has 5 nitrogen and oxygen atoms in total. The predicted molar refractivity (Wildman–Crippen MR) is 145 cm³/mol. The third-order valence-electron chi connectivity index (χ3n) is 6.42. The molecule has 4 aromatic rings. The molecule has 0 bridgehead atoms. The molecule has 4 rings (SSSR count). The number of hydrogen-bond donors (Lipinski definition) is 1.